The molecule has 0 saturated carbocycles. The van der Waals surface area contributed by atoms with Gasteiger partial charge in [-0.25, -0.2) is 14.4 Å². The van der Waals surface area contributed by atoms with Crippen LogP contribution in [-0.4, -0.2) is 51.0 Å². The van der Waals surface area contributed by atoms with Gasteiger partial charge in [0.15, 0.2) is 5.60 Å². The van der Waals surface area contributed by atoms with Crippen molar-refractivity contribution in [3.63, 3.8) is 0 Å². The molecule has 1 saturated heterocycles. The van der Waals surface area contributed by atoms with Crippen molar-refractivity contribution in [2.75, 3.05) is 18.4 Å². The molecule has 30 heavy (non-hydrogen) atoms. The highest BCUT2D eigenvalue weighted by atomic mass is 19.4. The Balaban J connectivity index is 1.69. The molecule has 3 aromatic rings. The summed E-state index contributed by atoms with van der Waals surface area (Å²) in [7, 11) is 0. The molecule has 1 aliphatic rings. The van der Waals surface area contributed by atoms with E-state index in [4.69, 9.17) is 0 Å². The van der Waals surface area contributed by atoms with Crippen molar-refractivity contribution in [1.82, 2.24) is 19.7 Å². The number of aliphatic hydroxyl groups is 1. The first kappa shape index (κ1) is 20.5. The number of hydrogen-bond donors (Lipinski definition) is 3. The predicted molar refractivity (Wildman–Crippen MR) is 104 cm³/mol. The predicted octanol–water partition coefficient (Wildman–Crippen LogP) is 3.28. The van der Waals surface area contributed by atoms with Gasteiger partial charge in [0, 0.05) is 18.3 Å². The fourth-order valence-corrected chi connectivity index (χ4v) is 3.44. The highest BCUT2D eigenvalue weighted by molar-refractivity contribution is 5.62. The second-order valence-corrected chi connectivity index (χ2v) is 7.53. The zero-order valence-electron chi connectivity index (χ0n) is 16.1. The molecule has 4 heterocycles. The Labute approximate surface area is 170 Å². The number of aromatic nitrogens is 3. The molecular formula is C20H21F4N5O. The zero-order chi connectivity index (χ0) is 21.5. The second kappa shape index (κ2) is 7.51. The molecule has 0 aliphatic carbocycles. The van der Waals surface area contributed by atoms with Gasteiger partial charge in [0.1, 0.15) is 17.6 Å². The van der Waals surface area contributed by atoms with Gasteiger partial charge in [-0.2, -0.15) is 13.2 Å². The fraction of sp³-hybridized carbons (Fsp3) is 0.400. The van der Waals surface area contributed by atoms with Crippen LogP contribution >= 0.6 is 0 Å². The number of hydrogen-bond acceptors (Lipinski definition) is 5. The summed E-state index contributed by atoms with van der Waals surface area (Å²) in [5.74, 6) is 0.456. The minimum atomic E-state index is -4.83. The molecule has 3 unspecified atom stereocenters. The van der Waals surface area contributed by atoms with Crippen LogP contribution in [0.5, 0.6) is 0 Å². The molecule has 6 nitrogen and oxygen atoms in total. The van der Waals surface area contributed by atoms with Crippen LogP contribution < -0.4 is 10.6 Å². The highest BCUT2D eigenvalue weighted by Gasteiger charge is 2.51. The second-order valence-electron chi connectivity index (χ2n) is 7.53. The third-order valence-corrected chi connectivity index (χ3v) is 5.36. The molecule has 0 aromatic carbocycles. The maximum absolute atomic E-state index is 14.1. The van der Waals surface area contributed by atoms with Crippen molar-refractivity contribution in [2.45, 2.75) is 37.3 Å². The van der Waals surface area contributed by atoms with E-state index in [1.807, 2.05) is 0 Å². The van der Waals surface area contributed by atoms with Crippen LogP contribution in [0.25, 0.3) is 17.0 Å². The quantitative estimate of drug-likeness (QED) is 0.562. The molecular weight excluding hydrogens is 402 g/mol. The summed E-state index contributed by atoms with van der Waals surface area (Å²) in [5, 5.41) is 16.2. The van der Waals surface area contributed by atoms with E-state index in [1.54, 1.807) is 18.2 Å². The molecule has 0 spiro atoms. The van der Waals surface area contributed by atoms with Gasteiger partial charge >= 0.3 is 6.18 Å². The van der Waals surface area contributed by atoms with E-state index in [0.29, 0.717) is 49.3 Å². The summed E-state index contributed by atoms with van der Waals surface area (Å²) in [4.78, 5) is 8.69. The molecule has 3 atom stereocenters. The number of halogens is 4. The van der Waals surface area contributed by atoms with E-state index < -0.39 is 24.0 Å². The van der Waals surface area contributed by atoms with E-state index >= 15 is 0 Å². The van der Waals surface area contributed by atoms with Gasteiger partial charge in [-0.15, -0.1) is 0 Å². The van der Waals surface area contributed by atoms with Crippen molar-refractivity contribution >= 4 is 11.5 Å². The summed E-state index contributed by atoms with van der Waals surface area (Å²) in [6, 6.07) is 7.30. The van der Waals surface area contributed by atoms with Crippen LogP contribution in [0.3, 0.4) is 0 Å². The van der Waals surface area contributed by atoms with Crippen LogP contribution in [0.2, 0.25) is 0 Å². The maximum atomic E-state index is 14.1. The lowest BCUT2D eigenvalue weighted by atomic mass is 9.97. The molecule has 3 N–H and O–H groups in total. The van der Waals surface area contributed by atoms with Crippen LogP contribution in [-0.2, 0) is 5.60 Å². The SMILES string of the molecule is CC(O)(c1ccc2ncc(-c3cccc(NC4CNCCC4F)n3)n2c1)C(F)(F)F. The number of alkyl halides is 4. The van der Waals surface area contributed by atoms with E-state index in [9.17, 15) is 22.7 Å². The molecule has 1 aliphatic heterocycles. The Kier molecular flexibility index (Phi) is 5.15. The van der Waals surface area contributed by atoms with Crippen LogP contribution in [0.1, 0.15) is 18.9 Å². The van der Waals surface area contributed by atoms with E-state index in [0.717, 1.165) is 0 Å². The van der Waals surface area contributed by atoms with Gasteiger partial charge in [0.25, 0.3) is 0 Å². The summed E-state index contributed by atoms with van der Waals surface area (Å²) < 4.78 is 55.3. The number of nitrogens with zero attached hydrogens (tertiary/aromatic N) is 3. The van der Waals surface area contributed by atoms with Crippen molar-refractivity contribution in [1.29, 1.82) is 0 Å². The maximum Gasteiger partial charge on any atom is 0.421 e. The van der Waals surface area contributed by atoms with Gasteiger partial charge in [-0.3, -0.25) is 4.40 Å². The Morgan fingerprint density at radius 3 is 2.77 bits per heavy atom. The summed E-state index contributed by atoms with van der Waals surface area (Å²) in [5.41, 5.74) is -2.01. The first-order chi connectivity index (χ1) is 14.2. The zero-order valence-corrected chi connectivity index (χ0v) is 16.1. The van der Waals surface area contributed by atoms with Gasteiger partial charge < -0.3 is 15.7 Å². The molecule has 4 rings (SSSR count). The third-order valence-electron chi connectivity index (χ3n) is 5.36. The molecule has 0 radical (unpaired) electrons. The molecule has 1 fully saturated rings. The average Bonchev–Trinajstić information content (AvgIpc) is 3.12. The minimum Gasteiger partial charge on any atom is -0.376 e. The first-order valence-electron chi connectivity index (χ1n) is 9.52. The largest absolute Gasteiger partial charge is 0.421 e. The van der Waals surface area contributed by atoms with Crippen molar-refractivity contribution in [3.8, 4) is 11.4 Å². The monoisotopic (exact) mass is 423 g/mol. The summed E-state index contributed by atoms with van der Waals surface area (Å²) in [6.45, 7) is 1.80. The van der Waals surface area contributed by atoms with Crippen LogP contribution in [0, 0.1) is 0 Å². The van der Waals surface area contributed by atoms with Gasteiger partial charge in [-0.05, 0) is 38.1 Å². The minimum absolute atomic E-state index is 0.315. The van der Waals surface area contributed by atoms with E-state index in [1.165, 1.54) is 28.9 Å². The van der Waals surface area contributed by atoms with Gasteiger partial charge in [-0.1, -0.05) is 12.1 Å². The average molecular weight is 423 g/mol. The first-order valence-corrected chi connectivity index (χ1v) is 9.52. The molecule has 0 bridgehead atoms. The van der Waals surface area contributed by atoms with Crippen LogP contribution in [0.15, 0.2) is 42.7 Å². The Bertz CT molecular complexity index is 1050. The Morgan fingerprint density at radius 1 is 1.23 bits per heavy atom. The van der Waals surface area contributed by atoms with E-state index in [-0.39, 0.29) is 5.56 Å². The number of anilines is 1. The number of fused-ring (bicyclic) bond motifs is 1. The highest BCUT2D eigenvalue weighted by Crippen LogP contribution is 2.38. The fourth-order valence-electron chi connectivity index (χ4n) is 3.44. The molecule has 10 heteroatoms. The van der Waals surface area contributed by atoms with Crippen LogP contribution in [0.4, 0.5) is 23.4 Å². The Morgan fingerprint density at radius 2 is 2.03 bits per heavy atom. The number of imidazole rings is 1. The normalized spacial score (nSPS) is 22.1. The standard InChI is InChI=1S/C20H21F4N5O/c1-19(30,20(22,23)24)12-5-6-18-26-10-16(29(18)11-12)14-3-2-4-17(27-14)28-15-9-25-8-7-13(15)21/h2-6,10-11,13,15,25,30H,7-9H2,1H3,(H,27,28). The summed E-state index contributed by atoms with van der Waals surface area (Å²) in [6.07, 6.45) is -2.73. The van der Waals surface area contributed by atoms with Gasteiger partial charge in [0.05, 0.1) is 23.6 Å². The van der Waals surface area contributed by atoms with Crippen molar-refractivity contribution in [2.24, 2.45) is 0 Å². The van der Waals surface area contributed by atoms with Crippen molar-refractivity contribution in [3.05, 3.63) is 48.3 Å². The summed E-state index contributed by atoms with van der Waals surface area (Å²) >= 11 is 0. The third kappa shape index (κ3) is 3.72. The molecule has 3 aromatic heterocycles. The smallest absolute Gasteiger partial charge is 0.376 e. The topological polar surface area (TPSA) is 74.5 Å². The number of rotatable bonds is 4. The van der Waals surface area contributed by atoms with Gasteiger partial charge in [0.2, 0.25) is 0 Å². The number of nitrogens with one attached hydrogen (secondary N) is 2. The lowest BCUT2D eigenvalue weighted by molar-refractivity contribution is -0.259. The van der Waals surface area contributed by atoms with Crippen molar-refractivity contribution < 1.29 is 22.7 Å². The number of pyridine rings is 2. The molecule has 0 amide bonds. The Hall–Kier alpha value is -2.72. The lowest BCUT2D eigenvalue weighted by Gasteiger charge is -2.28. The lowest BCUT2D eigenvalue weighted by Crippen LogP contribution is -2.46. The number of piperidine rings is 1. The van der Waals surface area contributed by atoms with E-state index in [2.05, 4.69) is 20.6 Å². The molecule has 160 valence electrons.